The topological polar surface area (TPSA) is 35.6 Å². The number of fused-ring (bicyclic) bond motifs is 1. The number of halogens is 1. The number of hydrogen-bond donors (Lipinski definition) is 0. The molecule has 4 nitrogen and oxygen atoms in total. The van der Waals surface area contributed by atoms with Gasteiger partial charge in [0.2, 0.25) is 0 Å². The predicted molar refractivity (Wildman–Crippen MR) is 68.3 cm³/mol. The third kappa shape index (κ3) is 1.43. The van der Waals surface area contributed by atoms with Crippen molar-refractivity contribution >= 4 is 22.8 Å². The van der Waals surface area contributed by atoms with Crippen molar-refractivity contribution in [1.82, 2.24) is 19.3 Å². The number of imidazole rings is 1. The van der Waals surface area contributed by atoms with Crippen LogP contribution >= 0.6 is 11.6 Å². The van der Waals surface area contributed by atoms with E-state index in [0.29, 0.717) is 5.88 Å². The molecule has 3 rings (SSSR count). The van der Waals surface area contributed by atoms with Gasteiger partial charge in [0.05, 0.1) is 11.6 Å². The van der Waals surface area contributed by atoms with Gasteiger partial charge in [-0.15, -0.1) is 11.6 Å². The van der Waals surface area contributed by atoms with E-state index in [1.54, 1.807) is 0 Å². The molecule has 5 heteroatoms. The zero-order valence-corrected chi connectivity index (χ0v) is 11.3. The maximum atomic E-state index is 6.03. The molecule has 0 amide bonds. The lowest BCUT2D eigenvalue weighted by Crippen LogP contribution is -2.17. The third-order valence-electron chi connectivity index (χ3n) is 3.74. The van der Waals surface area contributed by atoms with E-state index in [4.69, 9.17) is 11.6 Å². The molecule has 17 heavy (non-hydrogen) atoms. The summed E-state index contributed by atoms with van der Waals surface area (Å²) in [5.41, 5.74) is 3.42. The number of alkyl halides is 1. The first-order valence-corrected chi connectivity index (χ1v) is 6.64. The quantitative estimate of drug-likeness (QED) is 0.787. The monoisotopic (exact) mass is 252 g/mol. The number of nitrogens with zero attached hydrogens (tertiary/aromatic N) is 4. The largest absolute Gasteiger partial charge is 0.306 e. The van der Waals surface area contributed by atoms with Crippen LogP contribution in [0.2, 0.25) is 0 Å². The molecule has 0 N–H and O–H groups in total. The van der Waals surface area contributed by atoms with Gasteiger partial charge < -0.3 is 4.57 Å². The van der Waals surface area contributed by atoms with Crippen LogP contribution in [0.3, 0.4) is 0 Å². The average Bonchev–Trinajstić information content (AvgIpc) is 2.83. The Hall–Kier alpha value is -1.03. The fraction of sp³-hybridized carbons (Fsp3) is 0.667. The molecule has 1 saturated carbocycles. The van der Waals surface area contributed by atoms with Gasteiger partial charge in [-0.3, -0.25) is 4.68 Å². The van der Waals surface area contributed by atoms with Gasteiger partial charge in [-0.25, -0.2) is 4.98 Å². The lowest BCUT2D eigenvalue weighted by Gasteiger charge is -2.15. The van der Waals surface area contributed by atoms with E-state index in [1.165, 1.54) is 12.8 Å². The number of aromatic nitrogens is 4. The van der Waals surface area contributed by atoms with Crippen molar-refractivity contribution < 1.29 is 0 Å². The maximum absolute atomic E-state index is 6.03. The second kappa shape index (κ2) is 3.48. The van der Waals surface area contributed by atoms with Crippen LogP contribution in [0.15, 0.2) is 0 Å². The van der Waals surface area contributed by atoms with Crippen LogP contribution in [0.5, 0.6) is 0 Å². The lowest BCUT2D eigenvalue weighted by atomic mass is 10.3. The Labute approximate surface area is 106 Å². The van der Waals surface area contributed by atoms with E-state index in [0.717, 1.165) is 29.1 Å². The summed E-state index contributed by atoms with van der Waals surface area (Å²) in [7, 11) is 1.99. The molecule has 0 bridgehead atoms. The van der Waals surface area contributed by atoms with Crippen LogP contribution in [0.1, 0.15) is 38.2 Å². The minimum Gasteiger partial charge on any atom is -0.306 e. The normalized spacial score (nSPS) is 17.9. The van der Waals surface area contributed by atoms with Crippen LogP contribution in [0.4, 0.5) is 0 Å². The zero-order valence-electron chi connectivity index (χ0n) is 10.5. The maximum Gasteiger partial charge on any atom is 0.159 e. The second-order valence-electron chi connectivity index (χ2n) is 5.09. The highest BCUT2D eigenvalue weighted by Crippen LogP contribution is 2.46. The van der Waals surface area contributed by atoms with Gasteiger partial charge in [0.1, 0.15) is 11.3 Å². The number of rotatable bonds is 3. The zero-order chi connectivity index (χ0) is 12.2. The van der Waals surface area contributed by atoms with Gasteiger partial charge in [-0.05, 0) is 26.2 Å². The molecule has 0 radical (unpaired) electrons. The minimum atomic E-state index is 0.206. The molecule has 0 spiro atoms. The average molecular weight is 253 g/mol. The molecular formula is C12H17ClN4. The van der Waals surface area contributed by atoms with Gasteiger partial charge in [0, 0.05) is 12.6 Å². The molecule has 0 unspecified atom stereocenters. The van der Waals surface area contributed by atoms with Gasteiger partial charge in [-0.2, -0.15) is 5.10 Å². The lowest BCUT2D eigenvalue weighted by molar-refractivity contribution is 0.517. The highest BCUT2D eigenvalue weighted by Gasteiger charge is 2.42. The van der Waals surface area contributed by atoms with Crippen molar-refractivity contribution in [3.63, 3.8) is 0 Å². The Morgan fingerprint density at radius 3 is 2.65 bits per heavy atom. The first-order valence-electron chi connectivity index (χ1n) is 6.10. The fourth-order valence-corrected chi connectivity index (χ4v) is 2.70. The molecule has 0 atom stereocenters. The minimum absolute atomic E-state index is 0.206. The van der Waals surface area contributed by atoms with Gasteiger partial charge in [0.25, 0.3) is 0 Å². The second-order valence-corrected chi connectivity index (χ2v) is 5.36. The summed E-state index contributed by atoms with van der Waals surface area (Å²) in [5, 5.41) is 4.54. The molecule has 1 aliphatic rings. The molecule has 0 aliphatic heterocycles. The molecule has 2 aromatic rings. The van der Waals surface area contributed by atoms with Crippen molar-refractivity contribution in [1.29, 1.82) is 0 Å². The number of aryl methyl sites for hydroxylation is 2. The smallest absolute Gasteiger partial charge is 0.159 e. The van der Waals surface area contributed by atoms with E-state index < -0.39 is 0 Å². The Kier molecular flexibility index (Phi) is 2.27. The Bertz CT molecular complexity index is 577. The van der Waals surface area contributed by atoms with E-state index in [-0.39, 0.29) is 5.54 Å². The summed E-state index contributed by atoms with van der Waals surface area (Å²) in [6.07, 6.45) is 3.32. The fourth-order valence-electron chi connectivity index (χ4n) is 2.52. The molecule has 0 saturated heterocycles. The van der Waals surface area contributed by atoms with Crippen molar-refractivity contribution in [2.24, 2.45) is 7.05 Å². The Balaban J connectivity index is 2.34. The summed E-state index contributed by atoms with van der Waals surface area (Å²) in [5.74, 6) is 1.44. The Morgan fingerprint density at radius 1 is 1.41 bits per heavy atom. The van der Waals surface area contributed by atoms with Crippen molar-refractivity contribution in [3.8, 4) is 0 Å². The SMILES string of the molecule is CCc1nn(C)c2c1nc(CCl)n2C1(C)CC1. The van der Waals surface area contributed by atoms with Crippen LogP contribution < -0.4 is 0 Å². The van der Waals surface area contributed by atoms with Gasteiger partial charge in [-0.1, -0.05) is 6.92 Å². The summed E-state index contributed by atoms with van der Waals surface area (Å²) in [6, 6.07) is 0. The predicted octanol–water partition coefficient (Wildman–Crippen LogP) is 2.58. The molecule has 0 aromatic carbocycles. The highest BCUT2D eigenvalue weighted by molar-refractivity contribution is 6.16. The molecule has 92 valence electrons. The standard InChI is InChI=1S/C12H17ClN4/c1-4-8-10-11(16(3)15-8)17(9(7-13)14-10)12(2)5-6-12/h4-7H2,1-3H3. The summed E-state index contributed by atoms with van der Waals surface area (Å²) in [6.45, 7) is 4.38. The number of hydrogen-bond acceptors (Lipinski definition) is 2. The van der Waals surface area contributed by atoms with Crippen LogP contribution in [0, 0.1) is 0 Å². The van der Waals surface area contributed by atoms with Crippen molar-refractivity contribution in [2.45, 2.75) is 44.5 Å². The van der Waals surface area contributed by atoms with Crippen LogP contribution in [-0.4, -0.2) is 19.3 Å². The molecule has 1 fully saturated rings. The first-order chi connectivity index (χ1) is 8.10. The van der Waals surface area contributed by atoms with E-state index in [1.807, 2.05) is 11.7 Å². The third-order valence-corrected chi connectivity index (χ3v) is 3.98. The van der Waals surface area contributed by atoms with E-state index >= 15 is 0 Å². The molecule has 2 heterocycles. The molecule has 1 aliphatic carbocycles. The van der Waals surface area contributed by atoms with Crippen molar-refractivity contribution in [2.75, 3.05) is 0 Å². The summed E-state index contributed by atoms with van der Waals surface area (Å²) in [4.78, 5) is 4.68. The summed E-state index contributed by atoms with van der Waals surface area (Å²) >= 11 is 6.03. The van der Waals surface area contributed by atoms with E-state index in [2.05, 4.69) is 28.5 Å². The Morgan fingerprint density at radius 2 is 2.12 bits per heavy atom. The summed E-state index contributed by atoms with van der Waals surface area (Å²) < 4.78 is 4.24. The van der Waals surface area contributed by atoms with Crippen LogP contribution in [-0.2, 0) is 24.9 Å². The first kappa shape index (κ1) is 11.1. The van der Waals surface area contributed by atoms with E-state index in [9.17, 15) is 0 Å². The van der Waals surface area contributed by atoms with Crippen molar-refractivity contribution in [3.05, 3.63) is 11.5 Å². The molecular weight excluding hydrogens is 236 g/mol. The molecule has 2 aromatic heterocycles. The highest BCUT2D eigenvalue weighted by atomic mass is 35.5. The van der Waals surface area contributed by atoms with Gasteiger partial charge >= 0.3 is 0 Å². The van der Waals surface area contributed by atoms with Crippen LogP contribution in [0.25, 0.3) is 11.2 Å². The van der Waals surface area contributed by atoms with Gasteiger partial charge in [0.15, 0.2) is 5.65 Å².